The Hall–Kier alpha value is -1.66. The van der Waals surface area contributed by atoms with Gasteiger partial charge in [0.15, 0.2) is 0 Å². The Morgan fingerprint density at radius 2 is 2.25 bits per heavy atom. The van der Waals surface area contributed by atoms with Crippen LogP contribution in [0.25, 0.3) is 0 Å². The van der Waals surface area contributed by atoms with Crippen LogP contribution in [0.5, 0.6) is 0 Å². The van der Waals surface area contributed by atoms with Crippen LogP contribution < -0.4 is 11.3 Å². The van der Waals surface area contributed by atoms with Crippen molar-refractivity contribution in [2.75, 3.05) is 31.6 Å². The molecule has 6 heteroatoms. The number of nitrogens with two attached hydrogens (primary N) is 1. The summed E-state index contributed by atoms with van der Waals surface area (Å²) >= 11 is 0. The number of hydrogen-bond donors (Lipinski definition) is 2. The number of nitrogens with one attached hydrogen (secondary N) is 1. The molecule has 6 nitrogen and oxygen atoms in total. The van der Waals surface area contributed by atoms with Crippen molar-refractivity contribution in [2.24, 2.45) is 5.84 Å². The zero-order valence-corrected chi connectivity index (χ0v) is 12.2. The third-order valence-corrected chi connectivity index (χ3v) is 3.94. The molecule has 1 aromatic heterocycles. The molecule has 1 aromatic rings. The van der Waals surface area contributed by atoms with Crippen molar-refractivity contribution in [1.82, 2.24) is 14.8 Å². The van der Waals surface area contributed by atoms with Gasteiger partial charge >= 0.3 is 0 Å². The molecule has 1 amide bonds. The van der Waals surface area contributed by atoms with E-state index >= 15 is 0 Å². The van der Waals surface area contributed by atoms with E-state index in [0.29, 0.717) is 17.4 Å². The minimum atomic E-state index is 0.0516. The summed E-state index contributed by atoms with van der Waals surface area (Å²) in [6.45, 7) is 8.00. The molecule has 0 aliphatic carbocycles. The molecule has 1 saturated heterocycles. The van der Waals surface area contributed by atoms with Crippen LogP contribution in [-0.2, 0) is 0 Å². The van der Waals surface area contributed by atoms with Crippen molar-refractivity contribution in [3.63, 3.8) is 0 Å². The van der Waals surface area contributed by atoms with Crippen LogP contribution in [0.2, 0.25) is 0 Å². The van der Waals surface area contributed by atoms with E-state index < -0.39 is 0 Å². The highest BCUT2D eigenvalue weighted by Crippen LogP contribution is 2.18. The predicted molar refractivity (Wildman–Crippen MR) is 79.3 cm³/mol. The van der Waals surface area contributed by atoms with Crippen LogP contribution >= 0.6 is 0 Å². The van der Waals surface area contributed by atoms with Crippen molar-refractivity contribution in [2.45, 2.75) is 26.3 Å². The summed E-state index contributed by atoms with van der Waals surface area (Å²) in [6.07, 6.45) is 2.62. The first-order valence-electron chi connectivity index (χ1n) is 7.15. The number of nitrogen functional groups attached to an aromatic ring is 1. The number of nitrogens with zero attached hydrogens (tertiary/aromatic N) is 3. The van der Waals surface area contributed by atoms with E-state index in [0.717, 1.165) is 32.6 Å². The molecule has 20 heavy (non-hydrogen) atoms. The fourth-order valence-electron chi connectivity index (χ4n) is 2.75. The Labute approximate surface area is 119 Å². The van der Waals surface area contributed by atoms with Gasteiger partial charge in [0.1, 0.15) is 5.82 Å². The third kappa shape index (κ3) is 3.08. The van der Waals surface area contributed by atoms with Gasteiger partial charge in [-0.15, -0.1) is 0 Å². The molecule has 0 aromatic carbocycles. The number of carbonyl (C=O) groups excluding carboxylic acids is 1. The number of likely N-dealkylation sites (tertiary alicyclic amines) is 1. The molecule has 1 fully saturated rings. The molecule has 1 aliphatic rings. The van der Waals surface area contributed by atoms with E-state index in [-0.39, 0.29) is 5.91 Å². The Morgan fingerprint density at radius 3 is 2.80 bits per heavy atom. The fourth-order valence-corrected chi connectivity index (χ4v) is 2.75. The zero-order chi connectivity index (χ0) is 14.5. The number of likely N-dealkylation sites (N-methyl/N-ethyl adjacent to an activating group) is 1. The molecular weight excluding hydrogens is 254 g/mol. The first kappa shape index (κ1) is 14.7. The van der Waals surface area contributed by atoms with E-state index in [1.54, 1.807) is 18.3 Å². The number of amides is 1. The smallest absolute Gasteiger partial charge is 0.255 e. The highest BCUT2D eigenvalue weighted by molar-refractivity contribution is 5.94. The van der Waals surface area contributed by atoms with Crippen LogP contribution in [0.4, 0.5) is 5.82 Å². The number of pyridine rings is 1. The van der Waals surface area contributed by atoms with Gasteiger partial charge in [0.2, 0.25) is 0 Å². The fraction of sp³-hybridized carbons (Fsp3) is 0.571. The molecule has 110 valence electrons. The lowest BCUT2D eigenvalue weighted by Crippen LogP contribution is -2.38. The van der Waals surface area contributed by atoms with Gasteiger partial charge in [-0.1, -0.05) is 13.8 Å². The number of hydrogen-bond acceptors (Lipinski definition) is 5. The first-order valence-corrected chi connectivity index (χ1v) is 7.15. The number of hydrazine groups is 1. The van der Waals surface area contributed by atoms with Gasteiger partial charge in [0.05, 0.1) is 5.56 Å². The lowest BCUT2D eigenvalue weighted by Gasteiger charge is -2.26. The largest absolute Gasteiger partial charge is 0.337 e. The summed E-state index contributed by atoms with van der Waals surface area (Å²) in [4.78, 5) is 20.8. The van der Waals surface area contributed by atoms with Gasteiger partial charge in [-0.25, -0.2) is 10.8 Å². The van der Waals surface area contributed by atoms with Crippen molar-refractivity contribution >= 4 is 11.7 Å². The average Bonchev–Trinajstić information content (AvgIpc) is 2.97. The van der Waals surface area contributed by atoms with Crippen LogP contribution in [0.15, 0.2) is 18.3 Å². The highest BCUT2D eigenvalue weighted by Gasteiger charge is 2.29. The minimum Gasteiger partial charge on any atom is -0.337 e. The topological polar surface area (TPSA) is 74.5 Å². The van der Waals surface area contributed by atoms with Crippen molar-refractivity contribution in [3.8, 4) is 0 Å². The van der Waals surface area contributed by atoms with Crippen LogP contribution in [0.1, 0.15) is 30.6 Å². The van der Waals surface area contributed by atoms with Gasteiger partial charge in [0, 0.05) is 25.3 Å². The molecular formula is C14H23N5O. The monoisotopic (exact) mass is 277 g/mol. The quantitative estimate of drug-likeness (QED) is 0.618. The lowest BCUT2D eigenvalue weighted by molar-refractivity contribution is 0.0777. The highest BCUT2D eigenvalue weighted by atomic mass is 16.2. The molecule has 3 N–H and O–H groups in total. The molecule has 2 heterocycles. The molecule has 0 bridgehead atoms. The number of anilines is 1. The average molecular weight is 277 g/mol. The van der Waals surface area contributed by atoms with Crippen molar-refractivity contribution < 1.29 is 4.79 Å². The van der Waals surface area contributed by atoms with Gasteiger partial charge in [-0.2, -0.15) is 0 Å². The number of carbonyl (C=O) groups is 1. The minimum absolute atomic E-state index is 0.0516. The summed E-state index contributed by atoms with van der Waals surface area (Å²) in [5.74, 6) is 5.88. The summed E-state index contributed by atoms with van der Waals surface area (Å²) < 4.78 is 0. The Balaban J connectivity index is 2.00. The van der Waals surface area contributed by atoms with Crippen molar-refractivity contribution in [1.29, 1.82) is 0 Å². The van der Waals surface area contributed by atoms with Gasteiger partial charge in [-0.3, -0.25) is 9.69 Å². The van der Waals surface area contributed by atoms with Crippen LogP contribution in [0, 0.1) is 0 Å². The molecule has 0 spiro atoms. The predicted octanol–water partition coefficient (Wildman–Crippen LogP) is 0.924. The molecule has 2 rings (SSSR count). The normalized spacial score (nSPS) is 18.6. The Bertz CT molecular complexity index is 443. The standard InChI is InChI=1S/C14H23N5O/c1-3-18(4-2)12-7-8-19(10-12)14(20)11-5-6-13(17-15)16-9-11/h5-6,9,12H,3-4,7-8,10,15H2,1-2H3,(H,16,17). The van der Waals surface area contributed by atoms with E-state index in [2.05, 4.69) is 29.2 Å². The lowest BCUT2D eigenvalue weighted by atomic mass is 10.2. The second-order valence-corrected chi connectivity index (χ2v) is 4.99. The SMILES string of the molecule is CCN(CC)C1CCN(C(=O)c2ccc(NN)nc2)C1. The molecule has 1 atom stereocenters. The van der Waals surface area contributed by atoms with E-state index in [9.17, 15) is 4.79 Å². The Kier molecular flexibility index (Phi) is 4.92. The summed E-state index contributed by atoms with van der Waals surface area (Å²) in [7, 11) is 0. The molecule has 1 aliphatic heterocycles. The number of aromatic nitrogens is 1. The summed E-state index contributed by atoms with van der Waals surface area (Å²) in [5, 5.41) is 0. The molecule has 0 radical (unpaired) electrons. The first-order chi connectivity index (χ1) is 9.69. The molecule has 0 saturated carbocycles. The summed E-state index contributed by atoms with van der Waals surface area (Å²) in [6, 6.07) is 3.95. The summed E-state index contributed by atoms with van der Waals surface area (Å²) in [5.41, 5.74) is 3.07. The maximum Gasteiger partial charge on any atom is 0.255 e. The Morgan fingerprint density at radius 1 is 1.50 bits per heavy atom. The third-order valence-electron chi connectivity index (χ3n) is 3.94. The van der Waals surface area contributed by atoms with Crippen LogP contribution in [-0.4, -0.2) is 52.9 Å². The second kappa shape index (κ2) is 6.67. The maximum absolute atomic E-state index is 12.4. The molecule has 1 unspecified atom stereocenters. The van der Waals surface area contributed by atoms with E-state index in [1.807, 2.05) is 4.90 Å². The zero-order valence-electron chi connectivity index (χ0n) is 12.2. The van der Waals surface area contributed by atoms with Crippen molar-refractivity contribution in [3.05, 3.63) is 23.9 Å². The second-order valence-electron chi connectivity index (χ2n) is 4.99. The van der Waals surface area contributed by atoms with Crippen LogP contribution in [0.3, 0.4) is 0 Å². The van der Waals surface area contributed by atoms with E-state index in [4.69, 9.17) is 5.84 Å². The number of rotatable bonds is 5. The van der Waals surface area contributed by atoms with Gasteiger partial charge in [0.25, 0.3) is 5.91 Å². The maximum atomic E-state index is 12.4. The van der Waals surface area contributed by atoms with Gasteiger partial charge < -0.3 is 10.3 Å². The van der Waals surface area contributed by atoms with Gasteiger partial charge in [-0.05, 0) is 31.6 Å². The van der Waals surface area contributed by atoms with E-state index in [1.165, 1.54) is 0 Å².